The molecular weight excluding hydrogens is 408 g/mol. The molecule has 0 spiro atoms. The van der Waals surface area contributed by atoms with Crippen molar-refractivity contribution in [3.05, 3.63) is 107 Å². The van der Waals surface area contributed by atoms with Crippen LogP contribution in [-0.2, 0) is 6.42 Å². The smallest absolute Gasteiger partial charge is 0.0736 e. The number of fused-ring (bicyclic) bond motifs is 8. The highest BCUT2D eigenvalue weighted by molar-refractivity contribution is 5.93. The average Bonchev–Trinajstić information content (AvgIpc) is 3.60. The van der Waals surface area contributed by atoms with Crippen LogP contribution in [0.15, 0.2) is 72.8 Å². The van der Waals surface area contributed by atoms with Crippen LogP contribution in [0, 0.1) is 0 Å². The number of rotatable bonds is 3. The maximum Gasteiger partial charge on any atom is 0.0736 e. The van der Waals surface area contributed by atoms with Crippen LogP contribution in [0.1, 0.15) is 33.9 Å². The molecule has 1 aromatic carbocycles. The van der Waals surface area contributed by atoms with Crippen molar-refractivity contribution in [1.82, 2.24) is 19.9 Å². The molecule has 5 nitrogen and oxygen atoms in total. The summed E-state index contributed by atoms with van der Waals surface area (Å²) in [6, 6.07) is 24.8. The lowest BCUT2D eigenvalue weighted by atomic mass is 10.0. The van der Waals surface area contributed by atoms with E-state index in [0.717, 1.165) is 61.5 Å². The van der Waals surface area contributed by atoms with E-state index >= 15 is 0 Å². The molecule has 3 aromatic heterocycles. The van der Waals surface area contributed by atoms with Gasteiger partial charge in [0.2, 0.25) is 0 Å². The largest absolute Gasteiger partial charge is 0.396 e. The maximum atomic E-state index is 9.21. The molecule has 5 heterocycles. The Morgan fingerprint density at radius 2 is 1.21 bits per heavy atom. The number of benzene rings is 1. The highest BCUT2D eigenvalue weighted by Gasteiger charge is 2.13. The van der Waals surface area contributed by atoms with Crippen molar-refractivity contribution in [1.29, 1.82) is 0 Å². The van der Waals surface area contributed by atoms with E-state index in [1.165, 1.54) is 0 Å². The Hall–Kier alpha value is -4.22. The first kappa shape index (κ1) is 19.5. The van der Waals surface area contributed by atoms with Gasteiger partial charge in [0, 0.05) is 34.2 Å². The fourth-order valence-corrected chi connectivity index (χ4v) is 4.22. The number of aromatic nitrogens is 4. The Morgan fingerprint density at radius 1 is 0.636 bits per heavy atom. The number of aromatic amines is 2. The van der Waals surface area contributed by atoms with Crippen molar-refractivity contribution >= 4 is 45.9 Å². The van der Waals surface area contributed by atoms with Crippen molar-refractivity contribution in [2.75, 3.05) is 6.61 Å². The average molecular weight is 431 g/mol. The van der Waals surface area contributed by atoms with E-state index in [-0.39, 0.29) is 6.61 Å². The first-order chi connectivity index (χ1) is 16.2. The van der Waals surface area contributed by atoms with Gasteiger partial charge in [-0.2, -0.15) is 0 Å². The second kappa shape index (κ2) is 8.04. The second-order valence-electron chi connectivity index (χ2n) is 8.26. The number of aliphatic hydroxyl groups excluding tert-OH is 1. The number of nitrogens with one attached hydrogen (secondary N) is 2. The van der Waals surface area contributed by atoms with Gasteiger partial charge in [-0.1, -0.05) is 24.3 Å². The molecule has 0 saturated heterocycles. The lowest BCUT2D eigenvalue weighted by molar-refractivity contribution is 0.299. The summed E-state index contributed by atoms with van der Waals surface area (Å²) in [5.74, 6) is 0. The zero-order valence-electron chi connectivity index (χ0n) is 17.9. The molecule has 2 aliphatic rings. The summed E-state index contributed by atoms with van der Waals surface area (Å²) in [5, 5.41) is 9.21. The van der Waals surface area contributed by atoms with Crippen LogP contribution in [0.2, 0.25) is 0 Å². The predicted octanol–water partition coefficient (Wildman–Crippen LogP) is 5.61. The molecule has 0 saturated carbocycles. The first-order valence-corrected chi connectivity index (χ1v) is 11.0. The van der Waals surface area contributed by atoms with Crippen LogP contribution in [0.25, 0.3) is 45.9 Å². The van der Waals surface area contributed by atoms with E-state index in [1.54, 1.807) is 0 Å². The minimum atomic E-state index is 0.151. The summed E-state index contributed by atoms with van der Waals surface area (Å²) >= 11 is 0. The minimum absolute atomic E-state index is 0.151. The van der Waals surface area contributed by atoms with Crippen LogP contribution >= 0.6 is 0 Å². The van der Waals surface area contributed by atoms with E-state index in [1.807, 2.05) is 24.3 Å². The van der Waals surface area contributed by atoms with Crippen molar-refractivity contribution < 1.29 is 5.11 Å². The van der Waals surface area contributed by atoms with Crippen molar-refractivity contribution in [2.24, 2.45) is 0 Å². The standard InChI is InChI=1S/C28H22N4O/c33-12-11-18-1-3-19(4-2-18)27-16-26-15-24-8-7-22(30-24)13-20-5-6-21(29-20)14-23-9-10-25(31-23)17-28(27)32-26/h1-10,13-17,30-31,33H,11-12H2. The Kier molecular flexibility index (Phi) is 4.74. The van der Waals surface area contributed by atoms with Crippen LogP contribution < -0.4 is 0 Å². The van der Waals surface area contributed by atoms with Crippen molar-refractivity contribution in [2.45, 2.75) is 6.42 Å². The van der Waals surface area contributed by atoms with E-state index in [0.29, 0.717) is 6.42 Å². The van der Waals surface area contributed by atoms with E-state index in [9.17, 15) is 5.11 Å². The number of hydrogen-bond acceptors (Lipinski definition) is 3. The third kappa shape index (κ3) is 4.02. The van der Waals surface area contributed by atoms with Gasteiger partial charge >= 0.3 is 0 Å². The second-order valence-corrected chi connectivity index (χ2v) is 8.26. The summed E-state index contributed by atoms with van der Waals surface area (Å²) in [6.45, 7) is 0.151. The number of hydrogen-bond donors (Lipinski definition) is 3. The highest BCUT2D eigenvalue weighted by Crippen LogP contribution is 2.29. The van der Waals surface area contributed by atoms with Crippen LogP contribution in [0.3, 0.4) is 0 Å². The summed E-state index contributed by atoms with van der Waals surface area (Å²) in [6.07, 6.45) is 6.82. The van der Waals surface area contributed by atoms with Crippen LogP contribution in [0.4, 0.5) is 0 Å². The Morgan fingerprint density at radius 3 is 1.82 bits per heavy atom. The molecule has 0 amide bonds. The number of nitrogens with zero attached hydrogens (tertiary/aromatic N) is 2. The molecule has 0 unspecified atom stereocenters. The van der Waals surface area contributed by atoms with Gasteiger partial charge in [0.1, 0.15) is 0 Å². The molecule has 0 fully saturated rings. The zero-order valence-corrected chi connectivity index (χ0v) is 17.9. The molecule has 0 radical (unpaired) electrons. The monoisotopic (exact) mass is 430 g/mol. The van der Waals surface area contributed by atoms with Gasteiger partial charge in [-0.25, -0.2) is 9.97 Å². The highest BCUT2D eigenvalue weighted by atomic mass is 16.2. The predicted molar refractivity (Wildman–Crippen MR) is 134 cm³/mol. The van der Waals surface area contributed by atoms with Gasteiger partial charge in [0.05, 0.1) is 22.8 Å². The van der Waals surface area contributed by atoms with Gasteiger partial charge < -0.3 is 15.1 Å². The van der Waals surface area contributed by atoms with Gasteiger partial charge in [0.15, 0.2) is 0 Å². The lowest BCUT2D eigenvalue weighted by Crippen LogP contribution is -1.91. The van der Waals surface area contributed by atoms with Crippen LogP contribution in [-0.4, -0.2) is 31.6 Å². The molecule has 3 N–H and O–H groups in total. The van der Waals surface area contributed by atoms with E-state index in [4.69, 9.17) is 9.97 Å². The van der Waals surface area contributed by atoms with Crippen molar-refractivity contribution in [3.63, 3.8) is 0 Å². The maximum absolute atomic E-state index is 9.21. The molecule has 0 atom stereocenters. The third-order valence-corrected chi connectivity index (χ3v) is 5.83. The molecule has 33 heavy (non-hydrogen) atoms. The van der Waals surface area contributed by atoms with Gasteiger partial charge in [-0.3, -0.25) is 0 Å². The minimum Gasteiger partial charge on any atom is -0.396 e. The topological polar surface area (TPSA) is 77.6 Å². The molecule has 0 aliphatic carbocycles. The third-order valence-electron chi connectivity index (χ3n) is 5.83. The molecule has 5 heteroatoms. The molecular formula is C28H22N4O. The Labute approximate surface area is 190 Å². The van der Waals surface area contributed by atoms with Gasteiger partial charge in [0.25, 0.3) is 0 Å². The zero-order chi connectivity index (χ0) is 22.2. The van der Waals surface area contributed by atoms with Gasteiger partial charge in [-0.15, -0.1) is 0 Å². The Balaban J connectivity index is 1.57. The molecule has 8 bridgehead atoms. The van der Waals surface area contributed by atoms with E-state index < -0.39 is 0 Å². The fraction of sp³-hybridized carbons (Fsp3) is 0.0714. The molecule has 2 aliphatic heterocycles. The number of aliphatic hydroxyl groups is 1. The molecule has 4 aromatic rings. The first-order valence-electron chi connectivity index (χ1n) is 11.0. The summed E-state index contributed by atoms with van der Waals surface area (Å²) in [4.78, 5) is 16.5. The fourth-order valence-electron chi connectivity index (χ4n) is 4.22. The Bertz CT molecular complexity index is 1570. The van der Waals surface area contributed by atoms with Crippen LogP contribution in [0.5, 0.6) is 0 Å². The molecule has 160 valence electrons. The summed E-state index contributed by atoms with van der Waals surface area (Å²) in [5.41, 5.74) is 10.9. The summed E-state index contributed by atoms with van der Waals surface area (Å²) < 4.78 is 0. The van der Waals surface area contributed by atoms with Gasteiger partial charge in [-0.05, 0) is 84.3 Å². The normalized spacial score (nSPS) is 12.7. The van der Waals surface area contributed by atoms with Crippen molar-refractivity contribution in [3.8, 4) is 0 Å². The lowest BCUT2D eigenvalue weighted by Gasteiger charge is -2.04. The summed E-state index contributed by atoms with van der Waals surface area (Å²) in [7, 11) is 0. The molecule has 6 rings (SSSR count). The SMILES string of the molecule is OCCc1ccc(C2=Cc3cc4ccc(cc5nc(cc6ccc(cc2n3)[nH]6)C=C5)[nH]4)cc1. The van der Waals surface area contributed by atoms with E-state index in [2.05, 4.69) is 76.7 Å². The number of H-pyrrole nitrogens is 2. The quantitative estimate of drug-likeness (QED) is 0.342.